The number of nitrogens with one attached hydrogen (secondary N) is 1. The van der Waals surface area contributed by atoms with E-state index in [-0.39, 0.29) is 16.7 Å². The van der Waals surface area contributed by atoms with Gasteiger partial charge in [0.05, 0.1) is 4.92 Å². The predicted octanol–water partition coefficient (Wildman–Crippen LogP) is 3.41. The molecule has 90 valence electrons. The van der Waals surface area contributed by atoms with Crippen LogP contribution in [0.5, 0.6) is 0 Å². The normalized spacial score (nSPS) is 11.6. The topological polar surface area (TPSA) is 55.2 Å². The molecule has 1 rings (SSSR count). The molecule has 1 N–H and O–H groups in total. The fourth-order valence-electron chi connectivity index (χ4n) is 1.44. The number of rotatable bonds is 5. The molecule has 1 unspecified atom stereocenters. The molecule has 0 spiro atoms. The number of hydrogen-bond donors (Lipinski definition) is 1. The van der Waals surface area contributed by atoms with Crippen LogP contribution in [0.3, 0.4) is 0 Å². The Morgan fingerprint density at radius 2 is 2.35 bits per heavy atom. The van der Waals surface area contributed by atoms with Gasteiger partial charge in [0, 0.05) is 22.1 Å². The highest BCUT2D eigenvalue weighted by Crippen LogP contribution is 2.27. The lowest BCUT2D eigenvalue weighted by Crippen LogP contribution is -2.18. The summed E-state index contributed by atoms with van der Waals surface area (Å²) >= 11 is 2.05. The van der Waals surface area contributed by atoms with Gasteiger partial charge in [0.1, 0.15) is 5.69 Å². The van der Waals surface area contributed by atoms with Crippen LogP contribution >= 0.6 is 22.6 Å². The zero-order valence-electron chi connectivity index (χ0n) is 9.44. The highest BCUT2D eigenvalue weighted by Gasteiger charge is 2.16. The molecule has 1 atom stereocenters. The molecule has 1 aromatic rings. The van der Waals surface area contributed by atoms with Crippen LogP contribution in [-0.4, -0.2) is 11.0 Å². The van der Waals surface area contributed by atoms with Crippen LogP contribution in [0.15, 0.2) is 18.2 Å². The molecular formula is C12H13IN2O2. The van der Waals surface area contributed by atoms with Crippen LogP contribution in [0.4, 0.5) is 11.4 Å². The van der Waals surface area contributed by atoms with Crippen molar-refractivity contribution in [2.75, 3.05) is 5.32 Å². The lowest BCUT2D eigenvalue weighted by atomic mass is 10.1. The molecule has 4 nitrogen and oxygen atoms in total. The molecular weight excluding hydrogens is 331 g/mol. The summed E-state index contributed by atoms with van der Waals surface area (Å²) in [5.74, 6) is 2.57. The summed E-state index contributed by atoms with van der Waals surface area (Å²) in [6, 6.07) is 5.17. The Labute approximate surface area is 114 Å². The van der Waals surface area contributed by atoms with Gasteiger partial charge in [-0.15, -0.1) is 12.3 Å². The first-order valence-electron chi connectivity index (χ1n) is 5.22. The molecule has 5 heteroatoms. The molecule has 0 amide bonds. The lowest BCUT2D eigenvalue weighted by Gasteiger charge is -2.15. The van der Waals surface area contributed by atoms with Crippen LogP contribution < -0.4 is 5.32 Å². The van der Waals surface area contributed by atoms with Gasteiger partial charge in [-0.25, -0.2) is 0 Å². The minimum Gasteiger partial charge on any atom is -0.376 e. The van der Waals surface area contributed by atoms with E-state index in [0.29, 0.717) is 12.1 Å². The largest absolute Gasteiger partial charge is 0.376 e. The molecule has 0 heterocycles. The van der Waals surface area contributed by atoms with Gasteiger partial charge in [-0.2, -0.15) is 0 Å². The van der Waals surface area contributed by atoms with Crippen molar-refractivity contribution in [1.29, 1.82) is 0 Å². The molecule has 0 fully saturated rings. The highest BCUT2D eigenvalue weighted by molar-refractivity contribution is 14.1. The molecule has 0 saturated heterocycles. The molecule has 0 saturated carbocycles. The van der Waals surface area contributed by atoms with Crippen molar-refractivity contribution in [2.45, 2.75) is 25.8 Å². The Balaban J connectivity index is 2.97. The Morgan fingerprint density at radius 3 is 2.88 bits per heavy atom. The standard InChI is InChI=1S/C12H13IN2O2/c1-3-5-10(4-2)14-11-7-6-9(13)8-12(11)15(16)17/h1,6-8,10,14H,4-5H2,2H3. The minimum atomic E-state index is -0.382. The van der Waals surface area contributed by atoms with E-state index in [4.69, 9.17) is 6.42 Å². The Hall–Kier alpha value is -1.29. The van der Waals surface area contributed by atoms with E-state index in [2.05, 4.69) is 33.8 Å². The fourth-order valence-corrected chi connectivity index (χ4v) is 1.91. The van der Waals surface area contributed by atoms with E-state index in [9.17, 15) is 10.1 Å². The van der Waals surface area contributed by atoms with Crippen molar-refractivity contribution in [1.82, 2.24) is 0 Å². The Kier molecular flexibility index (Phi) is 5.22. The first kappa shape index (κ1) is 13.8. The smallest absolute Gasteiger partial charge is 0.293 e. The summed E-state index contributed by atoms with van der Waals surface area (Å²) in [5.41, 5.74) is 0.616. The maximum Gasteiger partial charge on any atom is 0.293 e. The van der Waals surface area contributed by atoms with Gasteiger partial charge in [-0.1, -0.05) is 6.92 Å². The van der Waals surface area contributed by atoms with Crippen molar-refractivity contribution >= 4 is 34.0 Å². The van der Waals surface area contributed by atoms with Crippen molar-refractivity contribution in [3.8, 4) is 12.3 Å². The van der Waals surface area contributed by atoms with Gasteiger partial charge in [-0.3, -0.25) is 10.1 Å². The van der Waals surface area contributed by atoms with Crippen LogP contribution in [-0.2, 0) is 0 Å². The third-order valence-electron chi connectivity index (χ3n) is 2.37. The van der Waals surface area contributed by atoms with Crippen molar-refractivity contribution < 1.29 is 4.92 Å². The van der Waals surface area contributed by atoms with Gasteiger partial charge in [0.15, 0.2) is 0 Å². The highest BCUT2D eigenvalue weighted by atomic mass is 127. The van der Waals surface area contributed by atoms with Crippen LogP contribution in [0.2, 0.25) is 0 Å². The van der Waals surface area contributed by atoms with Gasteiger partial charge >= 0.3 is 0 Å². The SMILES string of the molecule is C#CCC(CC)Nc1ccc(I)cc1[N+](=O)[O-]. The monoisotopic (exact) mass is 344 g/mol. The van der Waals surface area contributed by atoms with Crippen molar-refractivity contribution in [2.24, 2.45) is 0 Å². The summed E-state index contributed by atoms with van der Waals surface area (Å²) in [4.78, 5) is 10.5. The van der Waals surface area contributed by atoms with E-state index in [1.807, 2.05) is 13.0 Å². The van der Waals surface area contributed by atoms with Crippen LogP contribution in [0.25, 0.3) is 0 Å². The molecule has 0 aliphatic rings. The average molecular weight is 344 g/mol. The number of benzene rings is 1. The summed E-state index contributed by atoms with van der Waals surface area (Å²) in [6.45, 7) is 1.99. The second-order valence-electron chi connectivity index (χ2n) is 3.58. The zero-order valence-corrected chi connectivity index (χ0v) is 11.6. The minimum absolute atomic E-state index is 0.0683. The van der Waals surface area contributed by atoms with Gasteiger partial charge in [-0.05, 0) is 41.1 Å². The number of hydrogen-bond acceptors (Lipinski definition) is 3. The third-order valence-corrected chi connectivity index (χ3v) is 3.04. The zero-order chi connectivity index (χ0) is 12.8. The van der Waals surface area contributed by atoms with E-state index >= 15 is 0 Å². The number of nitro groups is 1. The summed E-state index contributed by atoms with van der Waals surface area (Å²) in [7, 11) is 0. The first-order chi connectivity index (χ1) is 8.08. The predicted molar refractivity (Wildman–Crippen MR) is 77.0 cm³/mol. The van der Waals surface area contributed by atoms with E-state index in [0.717, 1.165) is 9.99 Å². The molecule has 0 aliphatic carbocycles. The van der Waals surface area contributed by atoms with Crippen molar-refractivity contribution in [3.05, 3.63) is 31.9 Å². The lowest BCUT2D eigenvalue weighted by molar-refractivity contribution is -0.384. The average Bonchev–Trinajstić information content (AvgIpc) is 2.30. The van der Waals surface area contributed by atoms with E-state index in [1.165, 1.54) is 0 Å². The maximum absolute atomic E-state index is 10.9. The molecule has 1 aromatic carbocycles. The Bertz CT molecular complexity index is 454. The van der Waals surface area contributed by atoms with Gasteiger partial charge < -0.3 is 5.32 Å². The Morgan fingerprint density at radius 1 is 1.65 bits per heavy atom. The molecule has 0 radical (unpaired) electrons. The van der Waals surface area contributed by atoms with Gasteiger partial charge in [0.25, 0.3) is 5.69 Å². The quantitative estimate of drug-likeness (QED) is 0.385. The summed E-state index contributed by atoms with van der Waals surface area (Å²) < 4.78 is 0.838. The number of anilines is 1. The number of halogens is 1. The van der Waals surface area contributed by atoms with Gasteiger partial charge in [0.2, 0.25) is 0 Å². The second kappa shape index (κ2) is 6.45. The third kappa shape index (κ3) is 3.89. The fraction of sp³-hybridized carbons (Fsp3) is 0.333. The van der Waals surface area contributed by atoms with Crippen molar-refractivity contribution in [3.63, 3.8) is 0 Å². The number of nitrogens with zero attached hydrogens (tertiary/aromatic N) is 1. The second-order valence-corrected chi connectivity index (χ2v) is 4.82. The first-order valence-corrected chi connectivity index (χ1v) is 6.30. The van der Waals surface area contributed by atoms with E-state index in [1.54, 1.807) is 12.1 Å². The maximum atomic E-state index is 10.9. The number of nitro benzene ring substituents is 1. The number of terminal acetylenes is 1. The van der Waals surface area contributed by atoms with Crippen LogP contribution in [0.1, 0.15) is 19.8 Å². The molecule has 0 aliphatic heterocycles. The molecule has 0 bridgehead atoms. The van der Waals surface area contributed by atoms with Crippen LogP contribution in [0, 0.1) is 26.0 Å². The molecule has 17 heavy (non-hydrogen) atoms. The van der Waals surface area contributed by atoms with E-state index < -0.39 is 0 Å². The summed E-state index contributed by atoms with van der Waals surface area (Å²) in [5, 5.41) is 14.0. The summed E-state index contributed by atoms with van der Waals surface area (Å²) in [6.07, 6.45) is 6.64. The molecule has 0 aromatic heterocycles.